The van der Waals surface area contributed by atoms with E-state index in [0.29, 0.717) is 6.61 Å². The van der Waals surface area contributed by atoms with Crippen molar-refractivity contribution < 1.29 is 14.3 Å². The van der Waals surface area contributed by atoms with Gasteiger partial charge < -0.3 is 9.47 Å². The molecule has 15 heavy (non-hydrogen) atoms. The van der Waals surface area contributed by atoms with Gasteiger partial charge >= 0.3 is 12.1 Å². The quantitative estimate of drug-likeness (QED) is 0.709. The lowest BCUT2D eigenvalue weighted by atomic mass is 10.7. The van der Waals surface area contributed by atoms with Crippen LogP contribution >= 0.6 is 0 Å². The van der Waals surface area contributed by atoms with Crippen LogP contribution in [0.1, 0.15) is 6.92 Å². The molecule has 0 radical (unpaired) electrons. The number of aromatic nitrogens is 3. The summed E-state index contributed by atoms with van der Waals surface area (Å²) in [6.45, 7) is 5.81. The van der Waals surface area contributed by atoms with Gasteiger partial charge in [-0.2, -0.15) is 4.98 Å². The highest BCUT2D eigenvalue weighted by Gasteiger charge is 2.07. The molecule has 1 rings (SSSR count). The topological polar surface area (TPSA) is 89.1 Å². The van der Waals surface area contributed by atoms with Gasteiger partial charge in [-0.05, 0) is 6.92 Å². The van der Waals surface area contributed by atoms with Crippen LogP contribution in [0.5, 0.6) is 6.01 Å². The molecule has 7 nitrogen and oxygen atoms in total. The van der Waals surface area contributed by atoms with E-state index in [9.17, 15) is 4.79 Å². The lowest BCUT2D eigenvalue weighted by Gasteiger charge is -2.00. The van der Waals surface area contributed by atoms with E-state index in [1.54, 1.807) is 0 Å². The summed E-state index contributed by atoms with van der Waals surface area (Å²) in [7, 11) is 0. The summed E-state index contributed by atoms with van der Waals surface area (Å²) >= 11 is 0. The SMILES string of the molecule is C=CCOC(=O)Nc1nc(OCC)n[nH]1. The highest BCUT2D eigenvalue weighted by molar-refractivity contribution is 5.82. The molecule has 7 heteroatoms. The van der Waals surface area contributed by atoms with Gasteiger partial charge in [0.15, 0.2) is 0 Å². The van der Waals surface area contributed by atoms with E-state index in [1.807, 2.05) is 6.92 Å². The Morgan fingerprint density at radius 1 is 1.73 bits per heavy atom. The predicted molar refractivity (Wildman–Crippen MR) is 52.7 cm³/mol. The van der Waals surface area contributed by atoms with Crippen LogP contribution in [-0.2, 0) is 4.74 Å². The van der Waals surface area contributed by atoms with Gasteiger partial charge in [-0.1, -0.05) is 12.7 Å². The van der Waals surface area contributed by atoms with Gasteiger partial charge in [-0.15, -0.1) is 5.10 Å². The van der Waals surface area contributed by atoms with Crippen LogP contribution in [0.25, 0.3) is 0 Å². The second kappa shape index (κ2) is 5.63. The number of carbonyl (C=O) groups excluding carboxylic acids is 1. The van der Waals surface area contributed by atoms with Crippen molar-refractivity contribution in [2.75, 3.05) is 18.5 Å². The van der Waals surface area contributed by atoms with Crippen molar-refractivity contribution in [3.05, 3.63) is 12.7 Å². The third kappa shape index (κ3) is 3.67. The van der Waals surface area contributed by atoms with Crippen LogP contribution in [0.2, 0.25) is 0 Å². The number of aromatic amines is 1. The van der Waals surface area contributed by atoms with Crippen molar-refractivity contribution in [2.45, 2.75) is 6.92 Å². The van der Waals surface area contributed by atoms with Crippen molar-refractivity contribution in [2.24, 2.45) is 0 Å². The first-order valence-corrected chi connectivity index (χ1v) is 4.36. The second-order valence-electron chi connectivity index (χ2n) is 2.41. The molecule has 2 N–H and O–H groups in total. The molecule has 0 spiro atoms. The van der Waals surface area contributed by atoms with Crippen LogP contribution in [0.15, 0.2) is 12.7 Å². The number of nitrogens with one attached hydrogen (secondary N) is 2. The minimum absolute atomic E-state index is 0.137. The van der Waals surface area contributed by atoms with Crippen molar-refractivity contribution in [1.29, 1.82) is 0 Å². The number of H-pyrrole nitrogens is 1. The second-order valence-corrected chi connectivity index (χ2v) is 2.41. The van der Waals surface area contributed by atoms with Crippen LogP contribution in [0.3, 0.4) is 0 Å². The van der Waals surface area contributed by atoms with E-state index in [1.165, 1.54) is 6.08 Å². The van der Waals surface area contributed by atoms with Crippen molar-refractivity contribution in [3.63, 3.8) is 0 Å². The minimum atomic E-state index is -0.630. The molecule has 0 aromatic carbocycles. The molecule has 0 bridgehead atoms. The molecule has 1 amide bonds. The van der Waals surface area contributed by atoms with Crippen molar-refractivity contribution in [3.8, 4) is 6.01 Å². The summed E-state index contributed by atoms with van der Waals surface area (Å²) in [5.74, 6) is 0.174. The first kappa shape index (κ1) is 11.0. The average Bonchev–Trinajstić information content (AvgIpc) is 2.63. The Kier molecular flexibility index (Phi) is 4.14. The largest absolute Gasteiger partial charge is 0.463 e. The monoisotopic (exact) mass is 212 g/mol. The molecular formula is C8H12N4O3. The van der Waals surface area contributed by atoms with E-state index in [0.717, 1.165) is 0 Å². The van der Waals surface area contributed by atoms with Gasteiger partial charge in [0.05, 0.1) is 6.61 Å². The summed E-state index contributed by atoms with van der Waals surface area (Å²) in [6, 6.07) is 0.177. The fourth-order valence-electron chi connectivity index (χ4n) is 0.763. The highest BCUT2D eigenvalue weighted by atomic mass is 16.5. The Hall–Kier alpha value is -2.05. The predicted octanol–water partition coefficient (Wildman–Crippen LogP) is 0.938. The fraction of sp³-hybridized carbons (Fsp3) is 0.375. The third-order valence-corrected chi connectivity index (χ3v) is 1.29. The Morgan fingerprint density at radius 2 is 2.53 bits per heavy atom. The van der Waals surface area contributed by atoms with Gasteiger partial charge in [-0.3, -0.25) is 5.32 Å². The van der Waals surface area contributed by atoms with Crippen LogP contribution in [0, 0.1) is 0 Å². The zero-order chi connectivity index (χ0) is 11.1. The maximum atomic E-state index is 11.0. The third-order valence-electron chi connectivity index (χ3n) is 1.29. The number of nitrogens with zero attached hydrogens (tertiary/aromatic N) is 2. The normalized spacial score (nSPS) is 9.40. The number of hydrogen-bond acceptors (Lipinski definition) is 5. The van der Waals surface area contributed by atoms with E-state index in [2.05, 4.69) is 31.8 Å². The van der Waals surface area contributed by atoms with Crippen molar-refractivity contribution in [1.82, 2.24) is 15.2 Å². The lowest BCUT2D eigenvalue weighted by Crippen LogP contribution is -2.14. The number of rotatable bonds is 5. The number of carbonyl (C=O) groups is 1. The Bertz CT molecular complexity index is 336. The Balaban J connectivity index is 2.42. The van der Waals surface area contributed by atoms with E-state index >= 15 is 0 Å². The smallest absolute Gasteiger partial charge is 0.414 e. The molecule has 0 saturated carbocycles. The van der Waals surface area contributed by atoms with Gasteiger partial charge in [0.1, 0.15) is 6.61 Å². The van der Waals surface area contributed by atoms with E-state index in [4.69, 9.17) is 4.74 Å². The molecule has 0 fully saturated rings. The number of hydrogen-bond donors (Lipinski definition) is 2. The van der Waals surface area contributed by atoms with Crippen LogP contribution in [-0.4, -0.2) is 34.5 Å². The zero-order valence-electron chi connectivity index (χ0n) is 8.32. The van der Waals surface area contributed by atoms with Crippen LogP contribution in [0.4, 0.5) is 10.7 Å². The molecule has 0 aliphatic rings. The fourth-order valence-corrected chi connectivity index (χ4v) is 0.763. The Labute approximate surface area is 86.5 Å². The molecule has 82 valence electrons. The summed E-state index contributed by atoms with van der Waals surface area (Å²) in [4.78, 5) is 14.9. The molecule has 1 aromatic heterocycles. The molecule has 0 aliphatic heterocycles. The van der Waals surface area contributed by atoms with Crippen LogP contribution < -0.4 is 10.1 Å². The molecule has 0 unspecified atom stereocenters. The number of anilines is 1. The molecular weight excluding hydrogens is 200 g/mol. The first-order valence-electron chi connectivity index (χ1n) is 4.36. The summed E-state index contributed by atoms with van der Waals surface area (Å²) in [5.41, 5.74) is 0. The average molecular weight is 212 g/mol. The molecule has 0 aliphatic carbocycles. The van der Waals surface area contributed by atoms with E-state index in [-0.39, 0.29) is 18.6 Å². The maximum Gasteiger partial charge on any atom is 0.414 e. The van der Waals surface area contributed by atoms with Gasteiger partial charge in [0.2, 0.25) is 5.95 Å². The maximum absolute atomic E-state index is 11.0. The van der Waals surface area contributed by atoms with Gasteiger partial charge in [0.25, 0.3) is 0 Å². The van der Waals surface area contributed by atoms with E-state index < -0.39 is 6.09 Å². The summed E-state index contributed by atoms with van der Waals surface area (Å²) in [5, 5.41) is 8.50. The highest BCUT2D eigenvalue weighted by Crippen LogP contribution is 2.05. The minimum Gasteiger partial charge on any atom is -0.463 e. The molecule has 0 saturated heterocycles. The summed E-state index contributed by atoms with van der Waals surface area (Å²) < 4.78 is 9.66. The number of amides is 1. The number of ether oxygens (including phenoxy) is 2. The molecule has 0 atom stereocenters. The molecule has 1 heterocycles. The Morgan fingerprint density at radius 3 is 3.20 bits per heavy atom. The first-order chi connectivity index (χ1) is 7.26. The standard InChI is InChI=1S/C8H12N4O3/c1-3-5-15-8(13)10-6-9-7(12-11-6)14-4-2/h3H,1,4-5H2,2H3,(H2,9,10,11,12,13). The summed E-state index contributed by atoms with van der Waals surface area (Å²) in [6.07, 6.45) is 0.833. The van der Waals surface area contributed by atoms with Crippen molar-refractivity contribution >= 4 is 12.0 Å². The lowest BCUT2D eigenvalue weighted by molar-refractivity contribution is 0.174. The zero-order valence-corrected chi connectivity index (χ0v) is 8.32. The van der Waals surface area contributed by atoms with Gasteiger partial charge in [-0.25, -0.2) is 9.89 Å². The van der Waals surface area contributed by atoms with Gasteiger partial charge in [0, 0.05) is 0 Å². The molecule has 1 aromatic rings.